The minimum absolute atomic E-state index is 0.0147. The molecule has 0 saturated heterocycles. The van der Waals surface area contributed by atoms with Gasteiger partial charge in [-0.25, -0.2) is 0 Å². The summed E-state index contributed by atoms with van der Waals surface area (Å²) >= 11 is 0. The maximum Gasteiger partial charge on any atom is 0.312 e. The molecule has 1 N–H and O–H groups in total. The molecule has 4 saturated carbocycles. The van der Waals surface area contributed by atoms with E-state index in [4.69, 9.17) is 4.74 Å². The molecular weight excluding hydrogens is 420 g/mol. The Bertz CT molecular complexity index is 900. The van der Waals surface area contributed by atoms with Crippen LogP contribution in [0.4, 0.5) is 0 Å². The van der Waals surface area contributed by atoms with Crippen molar-refractivity contribution < 1.29 is 14.6 Å². The second kappa shape index (κ2) is 7.36. The van der Waals surface area contributed by atoms with Crippen molar-refractivity contribution >= 4 is 5.97 Å². The number of rotatable bonds is 1. The van der Waals surface area contributed by atoms with Gasteiger partial charge in [-0.15, -0.1) is 0 Å². The minimum atomic E-state index is -0.323. The molecule has 0 aliphatic heterocycles. The van der Waals surface area contributed by atoms with Crippen molar-refractivity contribution in [2.24, 2.45) is 50.2 Å². The number of carbonyl (C=O) groups excluding carboxylic acids is 1. The molecule has 4 fully saturated rings. The lowest BCUT2D eigenvalue weighted by molar-refractivity contribution is -0.206. The fourth-order valence-electron chi connectivity index (χ4n) is 10.8. The highest BCUT2D eigenvalue weighted by atomic mass is 16.5. The van der Waals surface area contributed by atoms with Gasteiger partial charge in [-0.2, -0.15) is 0 Å². The van der Waals surface area contributed by atoms with E-state index in [-0.39, 0.29) is 44.6 Å². The van der Waals surface area contributed by atoms with Gasteiger partial charge in [0.25, 0.3) is 0 Å². The van der Waals surface area contributed by atoms with Gasteiger partial charge in [0.15, 0.2) is 0 Å². The highest BCUT2D eigenvalue weighted by Gasteiger charge is 2.69. The van der Waals surface area contributed by atoms with Crippen LogP contribution in [-0.2, 0) is 9.53 Å². The molecule has 1 unspecified atom stereocenters. The van der Waals surface area contributed by atoms with Crippen molar-refractivity contribution in [2.45, 2.75) is 119 Å². The van der Waals surface area contributed by atoms with Gasteiger partial charge in [-0.3, -0.25) is 4.79 Å². The monoisotopic (exact) mass is 470 g/mol. The van der Waals surface area contributed by atoms with E-state index >= 15 is 0 Å². The molecule has 8 atom stereocenters. The summed E-state index contributed by atoms with van der Waals surface area (Å²) in [6, 6.07) is 0. The molecule has 192 valence electrons. The van der Waals surface area contributed by atoms with E-state index in [0.29, 0.717) is 17.8 Å². The topological polar surface area (TPSA) is 46.5 Å². The summed E-state index contributed by atoms with van der Waals surface area (Å²) in [5.41, 5.74) is 2.18. The summed E-state index contributed by atoms with van der Waals surface area (Å²) in [5.74, 6) is 1.57. The maximum absolute atomic E-state index is 13.3. The molecular formula is C31H50O3. The lowest BCUT2D eigenvalue weighted by atomic mass is 9.33. The van der Waals surface area contributed by atoms with Crippen molar-refractivity contribution in [1.82, 2.24) is 0 Å². The lowest BCUT2D eigenvalue weighted by Crippen LogP contribution is -2.65. The first kappa shape index (κ1) is 24.8. The molecule has 34 heavy (non-hydrogen) atoms. The van der Waals surface area contributed by atoms with E-state index in [1.165, 1.54) is 12.8 Å². The number of aliphatic hydroxyl groups is 1. The first-order chi connectivity index (χ1) is 15.7. The smallest absolute Gasteiger partial charge is 0.312 e. The van der Waals surface area contributed by atoms with Gasteiger partial charge < -0.3 is 9.84 Å². The van der Waals surface area contributed by atoms with Crippen LogP contribution in [0.15, 0.2) is 11.6 Å². The van der Waals surface area contributed by atoms with E-state index < -0.39 is 0 Å². The highest BCUT2D eigenvalue weighted by molar-refractivity contribution is 5.78. The Morgan fingerprint density at radius 2 is 1.59 bits per heavy atom. The van der Waals surface area contributed by atoms with Gasteiger partial charge in [0.1, 0.15) is 0 Å². The summed E-state index contributed by atoms with van der Waals surface area (Å²) in [6.07, 6.45) is 13.4. The molecule has 0 aromatic rings. The van der Waals surface area contributed by atoms with Crippen LogP contribution < -0.4 is 0 Å². The number of aliphatic hydroxyl groups excluding tert-OH is 1. The molecule has 0 heterocycles. The van der Waals surface area contributed by atoms with Crippen LogP contribution in [0.3, 0.4) is 0 Å². The molecule has 5 rings (SSSR count). The second-order valence-corrected chi connectivity index (χ2v) is 15.2. The Balaban J connectivity index is 1.60. The molecule has 0 bridgehead atoms. The molecule has 0 amide bonds. The zero-order valence-electron chi connectivity index (χ0n) is 23.2. The van der Waals surface area contributed by atoms with E-state index in [0.717, 1.165) is 51.4 Å². The van der Waals surface area contributed by atoms with Crippen molar-refractivity contribution in [3.63, 3.8) is 0 Å². The van der Waals surface area contributed by atoms with Gasteiger partial charge in [0.2, 0.25) is 0 Å². The SMILES string of the molecule is COC(=O)[C@]12CCC(C)(C)C[C@H]1C1=CC[C@@H]3[C@@]4(C)CC[C@H](O)C(C)(C)C4CC[C@@]3(C)[C@]1(C)CC2. The normalized spacial score (nSPS) is 51.1. The Morgan fingerprint density at radius 1 is 0.912 bits per heavy atom. The summed E-state index contributed by atoms with van der Waals surface area (Å²) in [7, 11) is 1.59. The molecule has 3 heteroatoms. The van der Waals surface area contributed by atoms with E-state index in [1.807, 2.05) is 0 Å². The number of allylic oxidation sites excluding steroid dienone is 2. The largest absolute Gasteiger partial charge is 0.469 e. The first-order valence-electron chi connectivity index (χ1n) is 14.2. The van der Waals surface area contributed by atoms with Crippen molar-refractivity contribution in [2.75, 3.05) is 7.11 Å². The first-order valence-corrected chi connectivity index (χ1v) is 14.2. The van der Waals surface area contributed by atoms with Crippen molar-refractivity contribution in [3.8, 4) is 0 Å². The van der Waals surface area contributed by atoms with Crippen LogP contribution in [0.2, 0.25) is 0 Å². The standard InChI is InChI=1S/C31H50O3/c1-26(2)15-17-31(25(33)34-8)18-16-29(6)20(21(31)19-26)9-10-23-28(5)13-12-24(32)27(3,4)22(28)11-14-30(23,29)7/h9,21-24,32H,10-19H2,1-8H3/t21-,22?,23+,24-,28-,29+,30+,31-/m0/s1. The maximum atomic E-state index is 13.3. The Labute approximate surface area is 208 Å². The Morgan fingerprint density at radius 3 is 2.26 bits per heavy atom. The fraction of sp³-hybridized carbons (Fsp3) is 0.903. The van der Waals surface area contributed by atoms with Crippen LogP contribution in [-0.4, -0.2) is 24.3 Å². The zero-order chi connectivity index (χ0) is 24.9. The number of methoxy groups -OCH3 is 1. The fourth-order valence-corrected chi connectivity index (χ4v) is 10.8. The van der Waals surface area contributed by atoms with E-state index in [1.54, 1.807) is 12.7 Å². The van der Waals surface area contributed by atoms with Gasteiger partial charge in [-0.1, -0.05) is 60.1 Å². The second-order valence-electron chi connectivity index (χ2n) is 15.2. The van der Waals surface area contributed by atoms with Crippen molar-refractivity contribution in [3.05, 3.63) is 11.6 Å². The average Bonchev–Trinajstić information content (AvgIpc) is 2.76. The third kappa shape index (κ3) is 2.94. The van der Waals surface area contributed by atoms with Crippen LogP contribution in [0.1, 0.15) is 113 Å². The summed E-state index contributed by atoms with van der Waals surface area (Å²) < 4.78 is 5.49. The predicted molar refractivity (Wildman–Crippen MR) is 137 cm³/mol. The van der Waals surface area contributed by atoms with Gasteiger partial charge in [0, 0.05) is 0 Å². The number of carbonyl (C=O) groups is 1. The number of ether oxygens (including phenoxy) is 1. The molecule has 0 aromatic carbocycles. The van der Waals surface area contributed by atoms with Gasteiger partial charge in [-0.05, 0) is 109 Å². The van der Waals surface area contributed by atoms with Crippen molar-refractivity contribution in [1.29, 1.82) is 0 Å². The Hall–Kier alpha value is -0.830. The summed E-state index contributed by atoms with van der Waals surface area (Å²) in [6.45, 7) is 17.2. The number of hydrogen-bond donors (Lipinski definition) is 1. The molecule has 5 aliphatic carbocycles. The van der Waals surface area contributed by atoms with E-state index in [9.17, 15) is 9.90 Å². The van der Waals surface area contributed by atoms with Gasteiger partial charge >= 0.3 is 5.97 Å². The van der Waals surface area contributed by atoms with Crippen LogP contribution in [0.5, 0.6) is 0 Å². The lowest BCUT2D eigenvalue weighted by Gasteiger charge is -2.71. The molecule has 0 aromatic heterocycles. The summed E-state index contributed by atoms with van der Waals surface area (Å²) in [4.78, 5) is 13.3. The quantitative estimate of drug-likeness (QED) is 0.322. The Kier molecular flexibility index (Phi) is 5.38. The molecule has 3 nitrogen and oxygen atoms in total. The zero-order valence-corrected chi connectivity index (χ0v) is 23.2. The third-order valence-electron chi connectivity index (χ3n) is 13.2. The van der Waals surface area contributed by atoms with Crippen LogP contribution in [0, 0.1) is 50.2 Å². The number of hydrogen-bond acceptors (Lipinski definition) is 3. The van der Waals surface area contributed by atoms with Crippen LogP contribution in [0.25, 0.3) is 0 Å². The minimum Gasteiger partial charge on any atom is -0.469 e. The highest BCUT2D eigenvalue weighted by Crippen LogP contribution is 2.75. The van der Waals surface area contributed by atoms with Crippen LogP contribution >= 0.6 is 0 Å². The van der Waals surface area contributed by atoms with E-state index in [2.05, 4.69) is 54.5 Å². The number of esters is 1. The van der Waals surface area contributed by atoms with Gasteiger partial charge in [0.05, 0.1) is 18.6 Å². The average molecular weight is 471 g/mol. The summed E-state index contributed by atoms with van der Waals surface area (Å²) in [5, 5.41) is 10.9. The molecule has 0 spiro atoms. The predicted octanol–water partition coefficient (Wildman–Crippen LogP) is 7.32. The third-order valence-corrected chi connectivity index (χ3v) is 13.2. The number of fused-ring (bicyclic) bond motifs is 7. The molecule has 5 aliphatic rings. The molecule has 0 radical (unpaired) electrons.